The first kappa shape index (κ1) is 10.9. The van der Waals surface area contributed by atoms with Crippen molar-refractivity contribution in [1.82, 2.24) is 10.2 Å². The second kappa shape index (κ2) is 3.47. The average molecular weight is 226 g/mol. The number of carbonyl (C=O) groups is 3. The molecule has 1 saturated carbocycles. The van der Waals surface area contributed by atoms with Gasteiger partial charge < -0.3 is 10.4 Å². The van der Waals surface area contributed by atoms with Crippen molar-refractivity contribution in [2.75, 3.05) is 6.54 Å². The van der Waals surface area contributed by atoms with Crippen molar-refractivity contribution in [3.05, 3.63) is 0 Å². The van der Waals surface area contributed by atoms with Crippen LogP contribution >= 0.6 is 0 Å². The van der Waals surface area contributed by atoms with Crippen molar-refractivity contribution in [3.8, 4) is 0 Å². The number of rotatable bonds is 2. The molecule has 0 aromatic rings. The van der Waals surface area contributed by atoms with Gasteiger partial charge in [-0.15, -0.1) is 0 Å². The van der Waals surface area contributed by atoms with E-state index in [1.165, 1.54) is 0 Å². The fourth-order valence-electron chi connectivity index (χ4n) is 2.61. The van der Waals surface area contributed by atoms with E-state index in [0.29, 0.717) is 6.42 Å². The van der Waals surface area contributed by atoms with E-state index in [-0.39, 0.29) is 11.8 Å². The number of carbonyl (C=O) groups excluding carboxylic acids is 2. The fraction of sp³-hybridized carbons (Fsp3) is 0.700. The Morgan fingerprint density at radius 1 is 1.62 bits per heavy atom. The van der Waals surface area contributed by atoms with Gasteiger partial charge in [0.05, 0.1) is 0 Å². The SMILES string of the molecule is CC1CCCC12NC(=O)N(CC(=O)O)C2=O. The summed E-state index contributed by atoms with van der Waals surface area (Å²) >= 11 is 0. The van der Waals surface area contributed by atoms with E-state index < -0.39 is 24.1 Å². The van der Waals surface area contributed by atoms with Gasteiger partial charge in [0, 0.05) is 0 Å². The van der Waals surface area contributed by atoms with E-state index in [1.807, 2.05) is 6.92 Å². The number of urea groups is 1. The predicted molar refractivity (Wildman–Crippen MR) is 53.6 cm³/mol. The van der Waals surface area contributed by atoms with E-state index in [1.54, 1.807) is 0 Å². The molecule has 0 radical (unpaired) electrons. The van der Waals surface area contributed by atoms with Gasteiger partial charge in [0.15, 0.2) is 0 Å². The van der Waals surface area contributed by atoms with Crippen molar-refractivity contribution in [2.45, 2.75) is 31.7 Å². The molecule has 88 valence electrons. The number of hydrogen-bond acceptors (Lipinski definition) is 3. The predicted octanol–water partition coefficient (Wildman–Crippen LogP) is 0.182. The monoisotopic (exact) mass is 226 g/mol. The molecule has 2 fully saturated rings. The summed E-state index contributed by atoms with van der Waals surface area (Å²) in [6.07, 6.45) is 2.37. The third kappa shape index (κ3) is 1.36. The quantitative estimate of drug-likeness (QED) is 0.658. The summed E-state index contributed by atoms with van der Waals surface area (Å²) in [6.45, 7) is 1.36. The smallest absolute Gasteiger partial charge is 0.325 e. The Labute approximate surface area is 92.6 Å². The van der Waals surface area contributed by atoms with Gasteiger partial charge in [-0.05, 0) is 18.8 Å². The molecule has 1 aliphatic carbocycles. The molecule has 2 atom stereocenters. The largest absolute Gasteiger partial charge is 0.480 e. The lowest BCUT2D eigenvalue weighted by molar-refractivity contribution is -0.143. The molecule has 1 heterocycles. The van der Waals surface area contributed by atoms with E-state index >= 15 is 0 Å². The van der Waals surface area contributed by atoms with Crippen LogP contribution < -0.4 is 5.32 Å². The van der Waals surface area contributed by atoms with Gasteiger partial charge in [-0.1, -0.05) is 13.3 Å². The molecule has 0 aromatic heterocycles. The highest BCUT2D eigenvalue weighted by atomic mass is 16.4. The van der Waals surface area contributed by atoms with Gasteiger partial charge in [0.1, 0.15) is 12.1 Å². The maximum absolute atomic E-state index is 12.1. The number of hydrogen-bond donors (Lipinski definition) is 2. The molecule has 2 rings (SSSR count). The molecule has 16 heavy (non-hydrogen) atoms. The Bertz CT molecular complexity index is 368. The molecule has 6 heteroatoms. The molecule has 0 aromatic carbocycles. The van der Waals surface area contributed by atoms with Gasteiger partial charge in [-0.2, -0.15) is 0 Å². The highest BCUT2D eigenvalue weighted by molar-refractivity contribution is 6.08. The molecule has 2 aliphatic rings. The fourth-order valence-corrected chi connectivity index (χ4v) is 2.61. The molecule has 0 bridgehead atoms. The highest BCUT2D eigenvalue weighted by Crippen LogP contribution is 2.39. The second-order valence-corrected chi connectivity index (χ2v) is 4.48. The Hall–Kier alpha value is -1.59. The van der Waals surface area contributed by atoms with Crippen LogP contribution in [0.25, 0.3) is 0 Å². The Kier molecular flexibility index (Phi) is 2.36. The normalized spacial score (nSPS) is 33.6. The number of nitrogens with one attached hydrogen (secondary N) is 1. The van der Waals surface area contributed by atoms with Gasteiger partial charge in [0.25, 0.3) is 5.91 Å². The van der Waals surface area contributed by atoms with E-state index in [9.17, 15) is 14.4 Å². The molecule has 6 nitrogen and oxygen atoms in total. The third-order valence-electron chi connectivity index (χ3n) is 3.54. The Morgan fingerprint density at radius 2 is 2.31 bits per heavy atom. The molecule has 1 aliphatic heterocycles. The van der Waals surface area contributed by atoms with Gasteiger partial charge >= 0.3 is 12.0 Å². The molecule has 1 spiro atoms. The number of carboxylic acid groups (broad SMARTS) is 1. The maximum Gasteiger partial charge on any atom is 0.325 e. The molecule has 3 amide bonds. The third-order valence-corrected chi connectivity index (χ3v) is 3.54. The van der Waals surface area contributed by atoms with Crippen LogP contribution in [0.5, 0.6) is 0 Å². The zero-order valence-corrected chi connectivity index (χ0v) is 9.02. The minimum absolute atomic E-state index is 0.0720. The minimum atomic E-state index is -1.17. The molecular formula is C10H14N2O4. The lowest BCUT2D eigenvalue weighted by Crippen LogP contribution is -2.49. The van der Waals surface area contributed by atoms with Gasteiger partial charge in [0.2, 0.25) is 0 Å². The van der Waals surface area contributed by atoms with Crippen LogP contribution in [0, 0.1) is 5.92 Å². The van der Waals surface area contributed by atoms with Crippen LogP contribution in [0.2, 0.25) is 0 Å². The zero-order chi connectivity index (χ0) is 11.9. The van der Waals surface area contributed by atoms with E-state index in [4.69, 9.17) is 5.11 Å². The maximum atomic E-state index is 12.1. The number of imide groups is 1. The summed E-state index contributed by atoms with van der Waals surface area (Å²) in [5.74, 6) is -1.49. The van der Waals surface area contributed by atoms with Crippen molar-refractivity contribution in [1.29, 1.82) is 0 Å². The molecule has 1 saturated heterocycles. The molecular weight excluding hydrogens is 212 g/mol. The Balaban J connectivity index is 2.25. The Morgan fingerprint density at radius 3 is 2.81 bits per heavy atom. The van der Waals surface area contributed by atoms with E-state index in [2.05, 4.69) is 5.32 Å². The first-order chi connectivity index (χ1) is 7.47. The summed E-state index contributed by atoms with van der Waals surface area (Å²) in [4.78, 5) is 35.0. The van der Waals surface area contributed by atoms with Crippen molar-refractivity contribution in [3.63, 3.8) is 0 Å². The minimum Gasteiger partial charge on any atom is -0.480 e. The molecule has 2 N–H and O–H groups in total. The van der Waals surface area contributed by atoms with Gasteiger partial charge in [-0.3, -0.25) is 14.5 Å². The highest BCUT2D eigenvalue weighted by Gasteiger charge is 2.56. The second-order valence-electron chi connectivity index (χ2n) is 4.48. The van der Waals surface area contributed by atoms with Crippen LogP contribution in [-0.2, 0) is 9.59 Å². The zero-order valence-electron chi connectivity index (χ0n) is 9.02. The van der Waals surface area contributed by atoms with E-state index in [0.717, 1.165) is 17.7 Å². The average Bonchev–Trinajstić information content (AvgIpc) is 2.65. The van der Waals surface area contributed by atoms with Crippen LogP contribution in [0.3, 0.4) is 0 Å². The summed E-state index contributed by atoms with van der Waals surface area (Å²) in [5, 5.41) is 11.3. The summed E-state index contributed by atoms with van der Waals surface area (Å²) in [7, 11) is 0. The lowest BCUT2D eigenvalue weighted by Gasteiger charge is -2.25. The van der Waals surface area contributed by atoms with Crippen molar-refractivity contribution in [2.24, 2.45) is 5.92 Å². The van der Waals surface area contributed by atoms with Gasteiger partial charge in [-0.25, -0.2) is 4.79 Å². The molecule has 2 unspecified atom stereocenters. The van der Waals surface area contributed by atoms with Crippen LogP contribution in [-0.4, -0.2) is 40.0 Å². The first-order valence-electron chi connectivity index (χ1n) is 5.33. The topological polar surface area (TPSA) is 86.7 Å². The number of amides is 3. The lowest BCUT2D eigenvalue weighted by atomic mass is 9.88. The van der Waals surface area contributed by atoms with Crippen LogP contribution in [0.15, 0.2) is 0 Å². The van der Waals surface area contributed by atoms with Crippen LogP contribution in [0.1, 0.15) is 26.2 Å². The summed E-state index contributed by atoms with van der Waals surface area (Å²) in [6, 6.07) is -0.582. The first-order valence-corrected chi connectivity index (χ1v) is 5.33. The summed E-state index contributed by atoms with van der Waals surface area (Å²) < 4.78 is 0. The summed E-state index contributed by atoms with van der Waals surface area (Å²) in [5.41, 5.74) is -0.841. The number of carboxylic acids is 1. The van der Waals surface area contributed by atoms with Crippen molar-refractivity contribution >= 4 is 17.9 Å². The number of nitrogens with zero attached hydrogens (tertiary/aromatic N) is 1. The number of aliphatic carboxylic acids is 1. The van der Waals surface area contributed by atoms with Crippen molar-refractivity contribution < 1.29 is 19.5 Å². The standard InChI is InChI=1S/C10H14N2O4/c1-6-3-2-4-10(6)8(15)12(5-7(13)14)9(16)11-10/h6H,2-5H2,1H3,(H,11,16)(H,13,14). The van der Waals surface area contributed by atoms with Crippen LogP contribution in [0.4, 0.5) is 4.79 Å².